The Hall–Kier alpha value is -2.41. The van der Waals surface area contributed by atoms with Gasteiger partial charge in [0, 0.05) is 11.9 Å². The Morgan fingerprint density at radius 1 is 1.18 bits per heavy atom. The highest BCUT2D eigenvalue weighted by atomic mass is 32.2. The molecule has 0 bridgehead atoms. The summed E-state index contributed by atoms with van der Waals surface area (Å²) in [7, 11) is -3.69. The molecule has 0 aliphatic carbocycles. The van der Waals surface area contributed by atoms with Crippen molar-refractivity contribution in [2.75, 3.05) is 11.5 Å². The first-order valence-electron chi connectivity index (χ1n) is 6.82. The number of ether oxygens (including phenoxy) is 1. The Morgan fingerprint density at radius 2 is 1.91 bits per heavy atom. The molecule has 2 aromatic rings. The molecule has 0 atom stereocenters. The van der Waals surface area contributed by atoms with E-state index in [2.05, 4.69) is 9.38 Å². The van der Waals surface area contributed by atoms with Gasteiger partial charge in [-0.1, -0.05) is 0 Å². The van der Waals surface area contributed by atoms with Crippen LogP contribution in [0.2, 0.25) is 0 Å². The maximum atomic E-state index is 12.1. The number of rotatable bonds is 3. The second-order valence-electron chi connectivity index (χ2n) is 4.70. The molecule has 0 spiro atoms. The zero-order valence-electron chi connectivity index (χ0n) is 12.2. The molecule has 1 aromatic carbocycles. The van der Waals surface area contributed by atoms with Gasteiger partial charge in [0.25, 0.3) is 10.0 Å². The highest BCUT2D eigenvalue weighted by Gasteiger charge is 2.30. The lowest BCUT2D eigenvalue weighted by Crippen LogP contribution is -2.30. The maximum Gasteiger partial charge on any atom is 0.287 e. The number of pyridine rings is 1. The highest BCUT2D eigenvalue weighted by Crippen LogP contribution is 2.35. The SMILES string of the molecule is CCOc1ccc(N2C(C)=NS(=O)(=O)c3cccnc32)cc1. The van der Waals surface area contributed by atoms with Gasteiger partial charge < -0.3 is 4.74 Å². The summed E-state index contributed by atoms with van der Waals surface area (Å²) in [6.45, 7) is 4.15. The molecule has 0 saturated heterocycles. The molecule has 0 fully saturated rings. The van der Waals surface area contributed by atoms with Crippen LogP contribution in [0.25, 0.3) is 0 Å². The molecule has 3 rings (SSSR count). The summed E-state index contributed by atoms with van der Waals surface area (Å²) in [5, 5.41) is 0. The molecule has 1 aromatic heterocycles. The van der Waals surface area contributed by atoms with Crippen LogP contribution in [0.1, 0.15) is 13.8 Å². The second-order valence-corrected chi connectivity index (χ2v) is 6.27. The van der Waals surface area contributed by atoms with Crippen LogP contribution in [0.5, 0.6) is 5.75 Å². The summed E-state index contributed by atoms with van der Waals surface area (Å²) in [4.78, 5) is 6.04. The molecule has 114 valence electrons. The molecule has 7 heteroatoms. The van der Waals surface area contributed by atoms with Gasteiger partial charge in [-0.3, -0.25) is 4.90 Å². The van der Waals surface area contributed by atoms with E-state index in [1.807, 2.05) is 31.2 Å². The van der Waals surface area contributed by atoms with Crippen LogP contribution >= 0.6 is 0 Å². The number of hydrogen-bond acceptors (Lipinski definition) is 5. The van der Waals surface area contributed by atoms with Gasteiger partial charge in [0.2, 0.25) is 0 Å². The Balaban J connectivity index is 2.10. The number of anilines is 2. The zero-order chi connectivity index (χ0) is 15.7. The van der Waals surface area contributed by atoms with Gasteiger partial charge >= 0.3 is 0 Å². The van der Waals surface area contributed by atoms with Crippen molar-refractivity contribution in [1.29, 1.82) is 0 Å². The van der Waals surface area contributed by atoms with Gasteiger partial charge in [0.05, 0.1) is 6.61 Å². The summed E-state index contributed by atoms with van der Waals surface area (Å²) in [5.41, 5.74) is 0.777. The Labute approximate surface area is 129 Å². The fourth-order valence-electron chi connectivity index (χ4n) is 2.34. The van der Waals surface area contributed by atoms with Gasteiger partial charge in [-0.2, -0.15) is 8.42 Å². The van der Waals surface area contributed by atoms with Crippen LogP contribution < -0.4 is 9.64 Å². The molecule has 0 radical (unpaired) electrons. The molecule has 0 saturated carbocycles. The summed E-state index contributed by atoms with van der Waals surface area (Å²) >= 11 is 0. The molecular formula is C15H15N3O3S. The Bertz CT molecular complexity index is 829. The fraction of sp³-hybridized carbons (Fsp3) is 0.200. The van der Waals surface area contributed by atoms with Gasteiger partial charge in [-0.15, -0.1) is 4.40 Å². The van der Waals surface area contributed by atoms with Crippen molar-refractivity contribution < 1.29 is 13.2 Å². The zero-order valence-corrected chi connectivity index (χ0v) is 13.0. The van der Waals surface area contributed by atoms with Gasteiger partial charge in [-0.05, 0) is 50.2 Å². The second kappa shape index (κ2) is 5.42. The van der Waals surface area contributed by atoms with E-state index in [1.54, 1.807) is 24.1 Å². The van der Waals surface area contributed by atoms with Crippen molar-refractivity contribution in [2.45, 2.75) is 18.7 Å². The van der Waals surface area contributed by atoms with Gasteiger partial charge in [0.1, 0.15) is 16.5 Å². The van der Waals surface area contributed by atoms with Crippen molar-refractivity contribution in [3.8, 4) is 5.75 Å². The first-order valence-corrected chi connectivity index (χ1v) is 8.26. The van der Waals surface area contributed by atoms with Crippen LogP contribution in [-0.4, -0.2) is 25.8 Å². The summed E-state index contributed by atoms with van der Waals surface area (Å²) < 4.78 is 33.5. The van der Waals surface area contributed by atoms with Gasteiger partial charge in [0.15, 0.2) is 5.82 Å². The van der Waals surface area contributed by atoms with Crippen LogP contribution in [0, 0.1) is 0 Å². The number of nitrogens with zero attached hydrogens (tertiary/aromatic N) is 3. The van der Waals surface area contributed by atoms with Gasteiger partial charge in [-0.25, -0.2) is 4.98 Å². The third kappa shape index (κ3) is 2.43. The normalized spacial score (nSPS) is 15.9. The Morgan fingerprint density at radius 3 is 2.59 bits per heavy atom. The predicted octanol–water partition coefficient (Wildman–Crippen LogP) is 2.74. The Kier molecular flexibility index (Phi) is 3.58. The van der Waals surface area contributed by atoms with E-state index in [9.17, 15) is 8.42 Å². The first kappa shape index (κ1) is 14.5. The molecular weight excluding hydrogens is 302 g/mol. The molecule has 0 unspecified atom stereocenters. The quantitative estimate of drug-likeness (QED) is 0.870. The minimum atomic E-state index is -3.69. The predicted molar refractivity (Wildman–Crippen MR) is 84.3 cm³/mol. The van der Waals surface area contributed by atoms with E-state index in [4.69, 9.17) is 4.74 Å². The topological polar surface area (TPSA) is 71.9 Å². The minimum Gasteiger partial charge on any atom is -0.494 e. The van der Waals surface area contributed by atoms with E-state index in [-0.39, 0.29) is 4.90 Å². The lowest BCUT2D eigenvalue weighted by atomic mass is 10.2. The van der Waals surface area contributed by atoms with Crippen LogP contribution in [0.3, 0.4) is 0 Å². The number of amidine groups is 1. The van der Waals surface area contributed by atoms with Crippen molar-refractivity contribution in [3.05, 3.63) is 42.6 Å². The summed E-state index contributed by atoms with van der Waals surface area (Å²) in [6, 6.07) is 10.5. The average molecular weight is 317 g/mol. The van der Waals surface area contributed by atoms with E-state index in [0.717, 1.165) is 11.4 Å². The number of aromatic nitrogens is 1. The summed E-state index contributed by atoms with van der Waals surface area (Å²) in [6.07, 6.45) is 1.56. The molecule has 2 heterocycles. The lowest BCUT2D eigenvalue weighted by molar-refractivity contribution is 0.340. The van der Waals surface area contributed by atoms with Crippen molar-refractivity contribution in [1.82, 2.24) is 4.98 Å². The largest absolute Gasteiger partial charge is 0.494 e. The number of benzene rings is 1. The van der Waals surface area contributed by atoms with Crippen LogP contribution in [0.15, 0.2) is 51.9 Å². The standard InChI is InChI=1S/C15H15N3O3S/c1-3-21-13-8-6-12(7-9-13)18-11(2)17-22(19,20)14-5-4-10-16-15(14)18/h4-10H,3H2,1-2H3. The van der Waals surface area contributed by atoms with E-state index >= 15 is 0 Å². The third-order valence-corrected chi connectivity index (χ3v) is 4.60. The molecule has 1 aliphatic rings. The monoisotopic (exact) mass is 317 g/mol. The highest BCUT2D eigenvalue weighted by molar-refractivity contribution is 7.90. The first-order chi connectivity index (χ1) is 10.5. The van der Waals surface area contributed by atoms with Crippen molar-refractivity contribution in [3.63, 3.8) is 0 Å². The van der Waals surface area contributed by atoms with Crippen molar-refractivity contribution in [2.24, 2.45) is 4.40 Å². The average Bonchev–Trinajstić information content (AvgIpc) is 2.49. The third-order valence-electron chi connectivity index (χ3n) is 3.22. The van der Waals surface area contributed by atoms with E-state index < -0.39 is 10.0 Å². The number of sulfonamides is 1. The molecule has 0 N–H and O–H groups in total. The summed E-state index contributed by atoms with van der Waals surface area (Å²) in [5.74, 6) is 1.47. The minimum absolute atomic E-state index is 0.106. The fourth-order valence-corrected chi connectivity index (χ4v) is 3.49. The van der Waals surface area contributed by atoms with Crippen molar-refractivity contribution >= 4 is 27.4 Å². The smallest absolute Gasteiger partial charge is 0.287 e. The molecule has 22 heavy (non-hydrogen) atoms. The molecule has 0 amide bonds. The number of fused-ring (bicyclic) bond motifs is 1. The lowest BCUT2D eigenvalue weighted by Gasteiger charge is -2.28. The molecule has 1 aliphatic heterocycles. The van der Waals surface area contributed by atoms with E-state index in [0.29, 0.717) is 18.3 Å². The maximum absolute atomic E-state index is 12.1. The van der Waals surface area contributed by atoms with Crippen LogP contribution in [0.4, 0.5) is 11.5 Å². The number of hydrogen-bond donors (Lipinski definition) is 0. The molecule has 6 nitrogen and oxygen atoms in total. The van der Waals surface area contributed by atoms with E-state index in [1.165, 1.54) is 6.07 Å². The van der Waals surface area contributed by atoms with Crippen LogP contribution in [-0.2, 0) is 10.0 Å².